The Hall–Kier alpha value is -0.770. The van der Waals surface area contributed by atoms with Gasteiger partial charge in [0.25, 0.3) is 0 Å². The molecular formula is C5H13N3O. The van der Waals surface area contributed by atoms with Gasteiger partial charge in [-0.3, -0.25) is 0 Å². The molecule has 2 amide bonds. The number of nitrogens with zero attached hydrogens (tertiary/aromatic N) is 1. The summed E-state index contributed by atoms with van der Waals surface area (Å²) in [7, 11) is 1.62. The van der Waals surface area contributed by atoms with Gasteiger partial charge in [-0.05, 0) is 6.92 Å². The van der Waals surface area contributed by atoms with E-state index in [9.17, 15) is 4.79 Å². The SMILES string of the molecule is CC(CN)N(C)C(N)=O. The third-order valence-electron chi connectivity index (χ3n) is 1.35. The van der Waals surface area contributed by atoms with Crippen molar-refractivity contribution in [2.75, 3.05) is 13.6 Å². The Morgan fingerprint density at radius 3 is 2.33 bits per heavy atom. The summed E-state index contributed by atoms with van der Waals surface area (Å²) in [6.45, 7) is 2.28. The van der Waals surface area contributed by atoms with Gasteiger partial charge in [0.1, 0.15) is 0 Å². The van der Waals surface area contributed by atoms with Gasteiger partial charge in [0, 0.05) is 19.6 Å². The zero-order valence-corrected chi connectivity index (χ0v) is 5.79. The van der Waals surface area contributed by atoms with Crippen LogP contribution < -0.4 is 11.5 Å². The van der Waals surface area contributed by atoms with Crippen LogP contribution in [0.1, 0.15) is 6.92 Å². The Labute approximate surface area is 54.8 Å². The fraction of sp³-hybridized carbons (Fsp3) is 0.800. The molecule has 9 heavy (non-hydrogen) atoms. The molecular weight excluding hydrogens is 118 g/mol. The van der Waals surface area contributed by atoms with E-state index >= 15 is 0 Å². The predicted molar refractivity (Wildman–Crippen MR) is 35.9 cm³/mol. The number of amides is 2. The first-order valence-corrected chi connectivity index (χ1v) is 2.82. The molecule has 0 aromatic carbocycles. The second-order valence-corrected chi connectivity index (χ2v) is 2.03. The largest absolute Gasteiger partial charge is 0.351 e. The molecule has 0 saturated heterocycles. The number of urea groups is 1. The number of hydrogen-bond donors (Lipinski definition) is 2. The number of carbonyl (C=O) groups excluding carboxylic acids is 1. The van der Waals surface area contributed by atoms with E-state index in [0.717, 1.165) is 0 Å². The van der Waals surface area contributed by atoms with Crippen molar-refractivity contribution in [3.63, 3.8) is 0 Å². The van der Waals surface area contributed by atoms with Gasteiger partial charge in [-0.25, -0.2) is 4.79 Å². The molecule has 0 radical (unpaired) electrons. The normalized spacial score (nSPS) is 12.8. The standard InChI is InChI=1S/C5H13N3O/c1-4(3-6)8(2)5(7)9/h4H,3,6H2,1-2H3,(H2,7,9). The molecule has 0 rings (SSSR count). The Kier molecular flexibility index (Phi) is 3.01. The summed E-state index contributed by atoms with van der Waals surface area (Å²) >= 11 is 0. The van der Waals surface area contributed by atoms with Crippen LogP contribution in [0, 0.1) is 0 Å². The first kappa shape index (κ1) is 8.23. The summed E-state index contributed by atoms with van der Waals surface area (Å²) in [4.78, 5) is 11.8. The second kappa shape index (κ2) is 3.29. The Morgan fingerprint density at radius 1 is 1.78 bits per heavy atom. The average Bonchev–Trinajstić information content (AvgIpc) is 1.84. The lowest BCUT2D eigenvalue weighted by atomic mass is 10.3. The topological polar surface area (TPSA) is 72.3 Å². The molecule has 0 aliphatic heterocycles. The molecule has 0 bridgehead atoms. The van der Waals surface area contributed by atoms with Gasteiger partial charge in [-0.15, -0.1) is 0 Å². The van der Waals surface area contributed by atoms with Crippen LogP contribution in [0.25, 0.3) is 0 Å². The lowest BCUT2D eigenvalue weighted by molar-refractivity contribution is 0.205. The highest BCUT2D eigenvalue weighted by molar-refractivity contribution is 5.71. The van der Waals surface area contributed by atoms with Gasteiger partial charge in [0.05, 0.1) is 0 Å². The van der Waals surface area contributed by atoms with Crippen LogP contribution in [0.5, 0.6) is 0 Å². The molecule has 0 saturated carbocycles. The monoisotopic (exact) mass is 131 g/mol. The van der Waals surface area contributed by atoms with E-state index in [1.54, 1.807) is 7.05 Å². The molecule has 1 atom stereocenters. The first-order chi connectivity index (χ1) is 4.09. The van der Waals surface area contributed by atoms with Crippen LogP contribution >= 0.6 is 0 Å². The number of hydrogen-bond acceptors (Lipinski definition) is 2. The van der Waals surface area contributed by atoms with Crippen LogP contribution in [0.2, 0.25) is 0 Å². The fourth-order valence-electron chi connectivity index (χ4n) is 0.375. The van der Waals surface area contributed by atoms with Gasteiger partial charge in [-0.2, -0.15) is 0 Å². The highest BCUT2D eigenvalue weighted by atomic mass is 16.2. The van der Waals surface area contributed by atoms with E-state index in [2.05, 4.69) is 0 Å². The molecule has 0 spiro atoms. The van der Waals surface area contributed by atoms with E-state index in [1.165, 1.54) is 4.90 Å². The summed E-state index contributed by atoms with van der Waals surface area (Å²) in [6, 6.07) is -0.407. The Morgan fingerprint density at radius 2 is 2.22 bits per heavy atom. The lowest BCUT2D eigenvalue weighted by Gasteiger charge is -2.20. The Bertz CT molecular complexity index is 104. The minimum absolute atomic E-state index is 0.0301. The van der Waals surface area contributed by atoms with Crippen LogP contribution in [0.4, 0.5) is 4.79 Å². The van der Waals surface area contributed by atoms with E-state index in [0.29, 0.717) is 6.54 Å². The van der Waals surface area contributed by atoms with Crippen LogP contribution in [0.15, 0.2) is 0 Å². The second-order valence-electron chi connectivity index (χ2n) is 2.03. The van der Waals surface area contributed by atoms with E-state index in [-0.39, 0.29) is 6.04 Å². The fourth-order valence-corrected chi connectivity index (χ4v) is 0.375. The number of nitrogens with two attached hydrogens (primary N) is 2. The number of carbonyl (C=O) groups is 1. The van der Waals surface area contributed by atoms with Crippen molar-refractivity contribution in [1.82, 2.24) is 4.90 Å². The maximum absolute atomic E-state index is 10.4. The molecule has 4 heteroatoms. The maximum atomic E-state index is 10.4. The minimum Gasteiger partial charge on any atom is -0.351 e. The van der Waals surface area contributed by atoms with Gasteiger partial charge in [-0.1, -0.05) is 0 Å². The summed E-state index contributed by atoms with van der Waals surface area (Å²) in [6.07, 6.45) is 0. The van der Waals surface area contributed by atoms with Crippen LogP contribution in [-0.4, -0.2) is 30.6 Å². The highest BCUT2D eigenvalue weighted by Crippen LogP contribution is 1.89. The summed E-state index contributed by atoms with van der Waals surface area (Å²) in [5.41, 5.74) is 10.2. The van der Waals surface area contributed by atoms with Crippen molar-refractivity contribution < 1.29 is 4.79 Å². The molecule has 0 aliphatic carbocycles. The van der Waals surface area contributed by atoms with Crippen molar-refractivity contribution in [2.45, 2.75) is 13.0 Å². The average molecular weight is 131 g/mol. The van der Waals surface area contributed by atoms with Crippen molar-refractivity contribution in [3.05, 3.63) is 0 Å². The number of rotatable bonds is 2. The molecule has 54 valence electrons. The van der Waals surface area contributed by atoms with Gasteiger partial charge in [0.15, 0.2) is 0 Å². The molecule has 4 nitrogen and oxygen atoms in total. The van der Waals surface area contributed by atoms with E-state index in [4.69, 9.17) is 11.5 Å². The summed E-state index contributed by atoms with van der Waals surface area (Å²) < 4.78 is 0. The van der Waals surface area contributed by atoms with Crippen molar-refractivity contribution in [2.24, 2.45) is 11.5 Å². The quantitative estimate of drug-likeness (QED) is 0.522. The third kappa shape index (κ3) is 2.32. The molecule has 1 unspecified atom stereocenters. The van der Waals surface area contributed by atoms with Gasteiger partial charge < -0.3 is 16.4 Å². The van der Waals surface area contributed by atoms with Crippen molar-refractivity contribution in [1.29, 1.82) is 0 Å². The van der Waals surface area contributed by atoms with Crippen molar-refractivity contribution >= 4 is 6.03 Å². The zero-order chi connectivity index (χ0) is 7.44. The van der Waals surface area contributed by atoms with E-state index < -0.39 is 6.03 Å². The molecule has 4 N–H and O–H groups in total. The van der Waals surface area contributed by atoms with E-state index in [1.807, 2.05) is 6.92 Å². The predicted octanol–water partition coefficient (Wildman–Crippen LogP) is -0.656. The van der Waals surface area contributed by atoms with Crippen LogP contribution in [-0.2, 0) is 0 Å². The van der Waals surface area contributed by atoms with Gasteiger partial charge in [0.2, 0.25) is 0 Å². The lowest BCUT2D eigenvalue weighted by Crippen LogP contribution is -2.42. The zero-order valence-electron chi connectivity index (χ0n) is 5.79. The summed E-state index contributed by atoms with van der Waals surface area (Å²) in [5.74, 6) is 0. The first-order valence-electron chi connectivity index (χ1n) is 2.82. The molecule has 0 fully saturated rings. The van der Waals surface area contributed by atoms with Gasteiger partial charge >= 0.3 is 6.03 Å². The highest BCUT2D eigenvalue weighted by Gasteiger charge is 2.08. The van der Waals surface area contributed by atoms with Crippen LogP contribution in [0.3, 0.4) is 0 Å². The molecule has 0 aliphatic rings. The number of primary amides is 1. The number of likely N-dealkylation sites (N-methyl/N-ethyl adjacent to an activating group) is 1. The molecule has 0 heterocycles. The summed E-state index contributed by atoms with van der Waals surface area (Å²) in [5, 5.41) is 0. The third-order valence-corrected chi connectivity index (χ3v) is 1.35. The Balaban J connectivity index is 3.72. The minimum atomic E-state index is -0.437. The van der Waals surface area contributed by atoms with Crippen molar-refractivity contribution in [3.8, 4) is 0 Å². The molecule has 0 aromatic heterocycles. The maximum Gasteiger partial charge on any atom is 0.314 e. The molecule has 0 aromatic rings. The smallest absolute Gasteiger partial charge is 0.314 e.